The van der Waals surface area contributed by atoms with Gasteiger partial charge in [0.15, 0.2) is 0 Å². The van der Waals surface area contributed by atoms with Gasteiger partial charge in [-0.05, 0) is 38.4 Å². The van der Waals surface area contributed by atoms with Crippen LogP contribution in [0.4, 0.5) is 8.78 Å². The molecular formula is C21H26F2N4. The summed E-state index contributed by atoms with van der Waals surface area (Å²) in [5.74, 6) is -0.293. The molecule has 0 amide bonds. The summed E-state index contributed by atoms with van der Waals surface area (Å²) in [6, 6.07) is 9.13. The van der Waals surface area contributed by atoms with Crippen molar-refractivity contribution < 1.29 is 8.78 Å². The van der Waals surface area contributed by atoms with Gasteiger partial charge in [0, 0.05) is 48.8 Å². The van der Waals surface area contributed by atoms with Crippen LogP contribution in [-0.2, 0) is 13.1 Å². The van der Waals surface area contributed by atoms with Crippen molar-refractivity contribution in [2.45, 2.75) is 52.4 Å². The van der Waals surface area contributed by atoms with Crippen LogP contribution < -0.4 is 0 Å². The maximum atomic E-state index is 14.8. The first-order chi connectivity index (χ1) is 13.0. The molecule has 2 heterocycles. The van der Waals surface area contributed by atoms with Gasteiger partial charge in [0.25, 0.3) is 0 Å². The number of aromatic nitrogens is 2. The Hall–Kier alpha value is -2.26. The van der Waals surface area contributed by atoms with E-state index in [1.54, 1.807) is 10.7 Å². The molecule has 0 bridgehead atoms. The molecule has 0 aliphatic carbocycles. The van der Waals surface area contributed by atoms with E-state index in [2.05, 4.69) is 11.2 Å². The summed E-state index contributed by atoms with van der Waals surface area (Å²) in [7, 11) is 0. The summed E-state index contributed by atoms with van der Waals surface area (Å²) in [5, 5.41) is 13.4. The summed E-state index contributed by atoms with van der Waals surface area (Å²) >= 11 is 0. The highest BCUT2D eigenvalue weighted by Crippen LogP contribution is 2.40. The van der Waals surface area contributed by atoms with E-state index in [0.29, 0.717) is 31.5 Å². The predicted octanol–water partition coefficient (Wildman–Crippen LogP) is 4.56. The number of piperidine rings is 1. The Bertz CT molecular complexity index is 826. The Morgan fingerprint density at radius 2 is 2.15 bits per heavy atom. The van der Waals surface area contributed by atoms with Gasteiger partial charge in [0.2, 0.25) is 0 Å². The molecule has 1 aromatic carbocycles. The van der Waals surface area contributed by atoms with Crippen LogP contribution in [0.25, 0.3) is 11.3 Å². The zero-order valence-electron chi connectivity index (χ0n) is 16.0. The maximum absolute atomic E-state index is 14.8. The zero-order valence-corrected chi connectivity index (χ0v) is 16.0. The summed E-state index contributed by atoms with van der Waals surface area (Å²) < 4.78 is 31.2. The molecule has 1 saturated heterocycles. The van der Waals surface area contributed by atoms with E-state index in [-0.39, 0.29) is 18.8 Å². The number of alkyl halides is 1. The third kappa shape index (κ3) is 4.03. The number of likely N-dealkylation sites (tertiary alicyclic amines) is 1. The quantitative estimate of drug-likeness (QED) is 0.746. The van der Waals surface area contributed by atoms with Crippen molar-refractivity contribution in [3.8, 4) is 17.3 Å². The molecule has 1 aliphatic rings. The van der Waals surface area contributed by atoms with Gasteiger partial charge < -0.3 is 0 Å². The largest absolute Gasteiger partial charge is 0.296 e. The molecule has 0 spiro atoms. The normalized spacial score (nSPS) is 23.3. The molecular weight excluding hydrogens is 346 g/mol. The number of halogens is 2. The zero-order chi connectivity index (χ0) is 19.4. The van der Waals surface area contributed by atoms with E-state index in [4.69, 9.17) is 5.26 Å². The first-order valence-electron chi connectivity index (χ1n) is 9.57. The predicted molar refractivity (Wildman–Crippen MR) is 101 cm³/mol. The van der Waals surface area contributed by atoms with Crippen LogP contribution in [0.3, 0.4) is 0 Å². The Balaban J connectivity index is 1.69. The van der Waals surface area contributed by atoms with E-state index in [1.807, 2.05) is 37.1 Å². The van der Waals surface area contributed by atoms with Gasteiger partial charge in [-0.3, -0.25) is 9.58 Å². The van der Waals surface area contributed by atoms with Crippen LogP contribution >= 0.6 is 0 Å². The molecule has 1 aliphatic heterocycles. The fourth-order valence-corrected chi connectivity index (χ4v) is 3.84. The first-order valence-corrected chi connectivity index (χ1v) is 9.57. The van der Waals surface area contributed by atoms with Crippen LogP contribution in [0.15, 0.2) is 30.5 Å². The molecule has 0 radical (unpaired) electrons. The highest BCUT2D eigenvalue weighted by molar-refractivity contribution is 5.59. The molecule has 0 N–H and O–H groups in total. The number of rotatable bonds is 6. The van der Waals surface area contributed by atoms with Crippen LogP contribution in [0.5, 0.6) is 0 Å². The van der Waals surface area contributed by atoms with E-state index in [0.717, 1.165) is 17.8 Å². The van der Waals surface area contributed by atoms with E-state index in [1.165, 1.54) is 6.07 Å². The van der Waals surface area contributed by atoms with Gasteiger partial charge in [-0.15, -0.1) is 0 Å². The average Bonchev–Trinajstić information content (AvgIpc) is 3.15. The number of aryl methyl sites for hydroxylation is 1. The minimum absolute atomic E-state index is 0.242. The topological polar surface area (TPSA) is 44.9 Å². The molecule has 6 heteroatoms. The smallest absolute Gasteiger partial charge is 0.128 e. The van der Waals surface area contributed by atoms with Crippen molar-refractivity contribution >= 4 is 0 Å². The van der Waals surface area contributed by atoms with Crippen molar-refractivity contribution in [3.05, 3.63) is 41.8 Å². The standard InChI is InChI=1S/C21H26F2N4/c1-3-21(8-10-24)9-12-26(15-20(21)23)14-17-6-5-16(13-18(17)22)19-7-11-27(4-2)25-19/h5-7,11,13,20H,3-4,8-9,12,14-15H2,1-2H3. The Kier molecular flexibility index (Phi) is 5.91. The summed E-state index contributed by atoms with van der Waals surface area (Å²) in [6.45, 7) is 6.02. The monoisotopic (exact) mass is 372 g/mol. The van der Waals surface area contributed by atoms with Crippen molar-refractivity contribution in [1.29, 1.82) is 5.26 Å². The first kappa shape index (κ1) is 19.5. The SMILES string of the molecule is CCn1ccc(-c2ccc(CN3CCC(CC)(CC#N)C(F)C3)c(F)c2)n1. The van der Waals surface area contributed by atoms with Gasteiger partial charge in [-0.2, -0.15) is 10.4 Å². The number of nitrogens with zero attached hydrogens (tertiary/aromatic N) is 4. The van der Waals surface area contributed by atoms with E-state index in [9.17, 15) is 8.78 Å². The molecule has 3 rings (SSSR count). The lowest BCUT2D eigenvalue weighted by molar-refractivity contribution is 0.00300. The Morgan fingerprint density at radius 3 is 2.74 bits per heavy atom. The van der Waals surface area contributed by atoms with E-state index >= 15 is 0 Å². The van der Waals surface area contributed by atoms with Crippen LogP contribution in [0, 0.1) is 22.6 Å². The number of hydrogen-bond donors (Lipinski definition) is 0. The molecule has 0 saturated carbocycles. The van der Waals surface area contributed by atoms with Crippen molar-refractivity contribution in [1.82, 2.24) is 14.7 Å². The molecule has 1 fully saturated rings. The van der Waals surface area contributed by atoms with Gasteiger partial charge >= 0.3 is 0 Å². The van der Waals surface area contributed by atoms with Gasteiger partial charge in [0.05, 0.1) is 11.8 Å². The second kappa shape index (κ2) is 8.18. The molecule has 27 heavy (non-hydrogen) atoms. The molecule has 144 valence electrons. The van der Waals surface area contributed by atoms with Gasteiger partial charge in [0.1, 0.15) is 12.0 Å². The number of benzene rings is 1. The lowest BCUT2D eigenvalue weighted by Gasteiger charge is -2.42. The fourth-order valence-electron chi connectivity index (χ4n) is 3.84. The summed E-state index contributed by atoms with van der Waals surface area (Å²) in [4.78, 5) is 1.94. The second-order valence-corrected chi connectivity index (χ2v) is 7.37. The molecule has 2 aromatic rings. The highest BCUT2D eigenvalue weighted by Gasteiger charge is 2.42. The third-order valence-corrected chi connectivity index (χ3v) is 5.85. The van der Waals surface area contributed by atoms with Gasteiger partial charge in [-0.1, -0.05) is 19.1 Å². The Labute approximate surface area is 159 Å². The summed E-state index contributed by atoms with van der Waals surface area (Å²) in [6.07, 6.45) is 2.34. The number of nitriles is 1. The van der Waals surface area contributed by atoms with Crippen LogP contribution in [0.1, 0.15) is 38.7 Å². The molecule has 4 nitrogen and oxygen atoms in total. The van der Waals surface area contributed by atoms with Crippen molar-refractivity contribution in [2.24, 2.45) is 5.41 Å². The minimum Gasteiger partial charge on any atom is -0.296 e. The lowest BCUT2D eigenvalue weighted by atomic mass is 9.72. The summed E-state index contributed by atoms with van der Waals surface area (Å²) in [5.41, 5.74) is 1.49. The van der Waals surface area contributed by atoms with Crippen molar-refractivity contribution in [3.63, 3.8) is 0 Å². The Morgan fingerprint density at radius 1 is 1.33 bits per heavy atom. The molecule has 1 aromatic heterocycles. The second-order valence-electron chi connectivity index (χ2n) is 7.37. The molecule has 2 unspecified atom stereocenters. The lowest BCUT2D eigenvalue weighted by Crippen LogP contribution is -2.48. The van der Waals surface area contributed by atoms with Crippen LogP contribution in [0.2, 0.25) is 0 Å². The van der Waals surface area contributed by atoms with Crippen LogP contribution in [-0.4, -0.2) is 33.9 Å². The average molecular weight is 372 g/mol. The van der Waals surface area contributed by atoms with Gasteiger partial charge in [-0.25, -0.2) is 8.78 Å². The third-order valence-electron chi connectivity index (χ3n) is 5.85. The number of hydrogen-bond acceptors (Lipinski definition) is 3. The minimum atomic E-state index is -1.06. The fraction of sp³-hybridized carbons (Fsp3) is 0.524. The maximum Gasteiger partial charge on any atom is 0.128 e. The molecule has 2 atom stereocenters. The van der Waals surface area contributed by atoms with E-state index < -0.39 is 11.6 Å². The van der Waals surface area contributed by atoms with Crippen molar-refractivity contribution in [2.75, 3.05) is 13.1 Å². The highest BCUT2D eigenvalue weighted by atomic mass is 19.1.